The Hall–Kier alpha value is -1.43. The van der Waals surface area contributed by atoms with Gasteiger partial charge in [-0.3, -0.25) is 4.79 Å². The van der Waals surface area contributed by atoms with Crippen LogP contribution in [0.4, 0.5) is 13.2 Å². The van der Waals surface area contributed by atoms with E-state index < -0.39 is 23.3 Å². The van der Waals surface area contributed by atoms with Gasteiger partial charge in [0.1, 0.15) is 11.5 Å². The van der Waals surface area contributed by atoms with E-state index in [0.717, 1.165) is 12.1 Å². The third-order valence-electron chi connectivity index (χ3n) is 2.00. The summed E-state index contributed by atoms with van der Waals surface area (Å²) in [6.07, 6.45) is -4.83. The molecular formula is C11H10ClF3O3. The molecule has 0 spiro atoms. The summed E-state index contributed by atoms with van der Waals surface area (Å²) < 4.78 is 44.8. The Morgan fingerprint density at radius 3 is 2.28 bits per heavy atom. The molecular weight excluding hydrogens is 273 g/mol. The Kier molecular flexibility index (Phi) is 4.45. The molecule has 0 fully saturated rings. The molecule has 0 aliphatic heterocycles. The van der Waals surface area contributed by atoms with Crippen molar-refractivity contribution < 1.29 is 27.4 Å². The first-order chi connectivity index (χ1) is 8.23. The lowest BCUT2D eigenvalue weighted by molar-refractivity contribution is -0.274. The molecule has 100 valence electrons. The lowest BCUT2D eigenvalue weighted by Gasteiger charge is -2.12. The van der Waals surface area contributed by atoms with Crippen molar-refractivity contribution in [2.45, 2.75) is 18.7 Å². The minimum Gasteiger partial charge on any atom is -0.497 e. The van der Waals surface area contributed by atoms with Crippen LogP contribution in [0.1, 0.15) is 17.3 Å². The molecule has 0 bridgehead atoms. The monoisotopic (exact) mass is 282 g/mol. The van der Waals surface area contributed by atoms with Gasteiger partial charge in [-0.25, -0.2) is 0 Å². The van der Waals surface area contributed by atoms with E-state index in [2.05, 4.69) is 4.74 Å². The average Bonchev–Trinajstić information content (AvgIpc) is 2.24. The van der Waals surface area contributed by atoms with Gasteiger partial charge < -0.3 is 9.47 Å². The first kappa shape index (κ1) is 14.6. The van der Waals surface area contributed by atoms with Crippen LogP contribution < -0.4 is 9.47 Å². The zero-order valence-electron chi connectivity index (χ0n) is 9.55. The van der Waals surface area contributed by atoms with Gasteiger partial charge in [0.2, 0.25) is 0 Å². The van der Waals surface area contributed by atoms with Gasteiger partial charge in [0.25, 0.3) is 0 Å². The Bertz CT molecular complexity index is 444. The minimum absolute atomic E-state index is 0.00361. The highest BCUT2D eigenvalue weighted by molar-refractivity contribution is 6.33. The van der Waals surface area contributed by atoms with Crippen LogP contribution in [0.5, 0.6) is 11.5 Å². The summed E-state index contributed by atoms with van der Waals surface area (Å²) >= 11 is 5.59. The molecule has 1 aromatic carbocycles. The van der Waals surface area contributed by atoms with Crippen LogP contribution in [0.2, 0.25) is 0 Å². The molecule has 1 atom stereocenters. The van der Waals surface area contributed by atoms with Crippen LogP contribution in [0, 0.1) is 0 Å². The van der Waals surface area contributed by atoms with Crippen molar-refractivity contribution in [2.75, 3.05) is 7.11 Å². The summed E-state index contributed by atoms with van der Waals surface area (Å²) in [5, 5.41) is -0.851. The highest BCUT2D eigenvalue weighted by Crippen LogP contribution is 2.28. The number of hydrogen-bond donors (Lipinski definition) is 0. The first-order valence-corrected chi connectivity index (χ1v) is 5.29. The zero-order chi connectivity index (χ0) is 13.9. The molecule has 0 aliphatic carbocycles. The highest BCUT2D eigenvalue weighted by Gasteiger charge is 2.31. The second-order valence-corrected chi connectivity index (χ2v) is 4.08. The second-order valence-electron chi connectivity index (χ2n) is 3.43. The minimum atomic E-state index is -4.83. The molecule has 0 heterocycles. The van der Waals surface area contributed by atoms with Crippen molar-refractivity contribution in [3.8, 4) is 11.5 Å². The molecule has 0 N–H and O–H groups in total. The summed E-state index contributed by atoms with van der Waals surface area (Å²) in [6, 6.07) is 3.30. The maximum absolute atomic E-state index is 12.1. The number of rotatable bonds is 4. The molecule has 18 heavy (non-hydrogen) atoms. The Morgan fingerprint density at radius 2 is 1.83 bits per heavy atom. The van der Waals surface area contributed by atoms with Gasteiger partial charge in [-0.05, 0) is 19.1 Å². The van der Waals surface area contributed by atoms with E-state index in [0.29, 0.717) is 0 Å². The number of carbonyl (C=O) groups is 1. The topological polar surface area (TPSA) is 35.5 Å². The summed E-state index contributed by atoms with van der Waals surface area (Å²) in [5.41, 5.74) is -0.00361. The normalized spacial score (nSPS) is 13.0. The van der Waals surface area contributed by atoms with Gasteiger partial charge in [-0.1, -0.05) is 0 Å². The lowest BCUT2D eigenvalue weighted by Crippen LogP contribution is -2.18. The van der Waals surface area contributed by atoms with E-state index in [1.54, 1.807) is 0 Å². The van der Waals surface area contributed by atoms with Crippen LogP contribution in [0.3, 0.4) is 0 Å². The van der Waals surface area contributed by atoms with Gasteiger partial charge in [0, 0.05) is 11.6 Å². The van der Waals surface area contributed by atoms with Crippen molar-refractivity contribution in [2.24, 2.45) is 0 Å². The molecule has 3 nitrogen and oxygen atoms in total. The number of Topliss-reactive ketones (excluding diaryl/α,β-unsaturated/α-hetero) is 1. The Morgan fingerprint density at radius 1 is 1.28 bits per heavy atom. The van der Waals surface area contributed by atoms with Crippen molar-refractivity contribution in [3.63, 3.8) is 0 Å². The summed E-state index contributed by atoms with van der Waals surface area (Å²) in [5.74, 6) is -0.956. The van der Waals surface area contributed by atoms with Crippen molar-refractivity contribution in [1.29, 1.82) is 0 Å². The molecule has 0 saturated carbocycles. The van der Waals surface area contributed by atoms with E-state index >= 15 is 0 Å². The van der Waals surface area contributed by atoms with E-state index in [4.69, 9.17) is 16.3 Å². The third-order valence-corrected chi connectivity index (χ3v) is 2.19. The third kappa shape index (κ3) is 4.10. The van der Waals surface area contributed by atoms with Gasteiger partial charge >= 0.3 is 6.36 Å². The Labute approximate surface area is 106 Å². The number of hydrogen-bond acceptors (Lipinski definition) is 3. The number of halogens is 4. The van der Waals surface area contributed by atoms with Crippen LogP contribution >= 0.6 is 11.6 Å². The van der Waals surface area contributed by atoms with Crippen molar-refractivity contribution in [3.05, 3.63) is 23.8 Å². The van der Waals surface area contributed by atoms with Gasteiger partial charge in [0.15, 0.2) is 5.78 Å². The van der Waals surface area contributed by atoms with Crippen LogP contribution in [-0.4, -0.2) is 24.6 Å². The number of ether oxygens (including phenoxy) is 2. The fraction of sp³-hybridized carbons (Fsp3) is 0.364. The molecule has 1 aromatic rings. The van der Waals surface area contributed by atoms with E-state index in [1.165, 1.54) is 20.1 Å². The van der Waals surface area contributed by atoms with Crippen LogP contribution in [0.25, 0.3) is 0 Å². The number of carbonyl (C=O) groups excluding carboxylic acids is 1. The summed E-state index contributed by atoms with van der Waals surface area (Å²) in [6.45, 7) is 1.42. The standard InChI is InChI=1S/C11H10ClF3O3/c1-6(12)10(16)7-3-8(17-2)5-9(4-7)18-11(13,14)15/h3-6H,1-2H3. The van der Waals surface area contributed by atoms with Crippen LogP contribution in [0.15, 0.2) is 18.2 Å². The quantitative estimate of drug-likeness (QED) is 0.627. The summed E-state index contributed by atoms with van der Waals surface area (Å²) in [4.78, 5) is 11.6. The molecule has 1 rings (SSSR count). The predicted octanol–water partition coefficient (Wildman–Crippen LogP) is 3.40. The zero-order valence-corrected chi connectivity index (χ0v) is 10.3. The van der Waals surface area contributed by atoms with Crippen LogP contribution in [-0.2, 0) is 0 Å². The molecule has 0 radical (unpaired) electrons. The second kappa shape index (κ2) is 5.48. The predicted molar refractivity (Wildman–Crippen MR) is 59.3 cm³/mol. The van der Waals surface area contributed by atoms with Gasteiger partial charge in [-0.15, -0.1) is 24.8 Å². The summed E-state index contributed by atoms with van der Waals surface area (Å²) in [7, 11) is 1.27. The van der Waals surface area contributed by atoms with E-state index in [1.807, 2.05) is 0 Å². The molecule has 7 heteroatoms. The fourth-order valence-corrected chi connectivity index (χ4v) is 1.38. The Balaban J connectivity index is 3.13. The van der Waals surface area contributed by atoms with E-state index in [9.17, 15) is 18.0 Å². The number of benzene rings is 1. The molecule has 0 aliphatic rings. The largest absolute Gasteiger partial charge is 0.573 e. The van der Waals surface area contributed by atoms with Gasteiger partial charge in [0.05, 0.1) is 12.5 Å². The smallest absolute Gasteiger partial charge is 0.497 e. The average molecular weight is 283 g/mol. The van der Waals surface area contributed by atoms with Crippen molar-refractivity contribution in [1.82, 2.24) is 0 Å². The lowest BCUT2D eigenvalue weighted by atomic mass is 10.1. The maximum atomic E-state index is 12.1. The first-order valence-electron chi connectivity index (χ1n) is 4.86. The number of alkyl halides is 4. The maximum Gasteiger partial charge on any atom is 0.573 e. The number of methoxy groups -OCH3 is 1. The van der Waals surface area contributed by atoms with E-state index in [-0.39, 0.29) is 11.3 Å². The molecule has 1 unspecified atom stereocenters. The number of ketones is 1. The van der Waals surface area contributed by atoms with Gasteiger partial charge in [-0.2, -0.15) is 0 Å². The highest BCUT2D eigenvalue weighted by atomic mass is 35.5. The fourth-order valence-electron chi connectivity index (χ4n) is 1.25. The molecule has 0 amide bonds. The van der Waals surface area contributed by atoms with Crippen molar-refractivity contribution >= 4 is 17.4 Å². The molecule has 0 saturated heterocycles. The molecule has 0 aromatic heterocycles. The SMILES string of the molecule is COc1cc(OC(F)(F)F)cc(C(=O)C(C)Cl)c1.